The number of piperazine rings is 1. The molecule has 0 unspecified atom stereocenters. The molecule has 1 aromatic heterocycles. The van der Waals surface area contributed by atoms with E-state index in [-0.39, 0.29) is 17.4 Å². The number of carbonyl (C=O) groups excluding carboxylic acids is 2. The minimum absolute atomic E-state index is 0.0461. The molecule has 6 nitrogen and oxygen atoms in total. The lowest BCUT2D eigenvalue weighted by molar-refractivity contribution is 0.0610. The van der Waals surface area contributed by atoms with Crippen LogP contribution in [0.1, 0.15) is 34.3 Å². The number of nitrogens with one attached hydrogen (secondary N) is 1. The SMILES string of the molecule is CCCN1CCN(C(=O)c2oc3ccccc3c2NC(=O)c2c(F)cccc2F)CC1. The van der Waals surface area contributed by atoms with Crippen molar-refractivity contribution in [3.05, 3.63) is 65.4 Å². The molecular weight excluding hydrogens is 404 g/mol. The van der Waals surface area contributed by atoms with Gasteiger partial charge in [-0.1, -0.05) is 25.1 Å². The van der Waals surface area contributed by atoms with E-state index in [9.17, 15) is 18.4 Å². The zero-order valence-corrected chi connectivity index (χ0v) is 17.2. The highest BCUT2D eigenvalue weighted by Crippen LogP contribution is 2.32. The Kier molecular flexibility index (Phi) is 5.99. The molecule has 2 heterocycles. The van der Waals surface area contributed by atoms with Crippen molar-refractivity contribution in [2.45, 2.75) is 13.3 Å². The molecule has 0 aliphatic carbocycles. The predicted molar refractivity (Wildman–Crippen MR) is 113 cm³/mol. The summed E-state index contributed by atoms with van der Waals surface area (Å²) >= 11 is 0. The highest BCUT2D eigenvalue weighted by Gasteiger charge is 2.29. The van der Waals surface area contributed by atoms with Crippen molar-refractivity contribution in [3.8, 4) is 0 Å². The van der Waals surface area contributed by atoms with Crippen molar-refractivity contribution >= 4 is 28.5 Å². The molecule has 8 heteroatoms. The smallest absolute Gasteiger partial charge is 0.291 e. The molecule has 1 N–H and O–H groups in total. The maximum absolute atomic E-state index is 14.1. The van der Waals surface area contributed by atoms with Crippen LogP contribution in [0.5, 0.6) is 0 Å². The summed E-state index contributed by atoms with van der Waals surface area (Å²) < 4.78 is 34.0. The van der Waals surface area contributed by atoms with E-state index in [0.717, 1.165) is 38.2 Å². The van der Waals surface area contributed by atoms with E-state index < -0.39 is 23.1 Å². The number of nitrogens with zero attached hydrogens (tertiary/aromatic N) is 2. The molecule has 1 aliphatic heterocycles. The van der Waals surface area contributed by atoms with Crippen LogP contribution in [-0.4, -0.2) is 54.3 Å². The van der Waals surface area contributed by atoms with Crippen molar-refractivity contribution in [2.75, 3.05) is 38.0 Å². The van der Waals surface area contributed by atoms with Crippen LogP contribution in [0.2, 0.25) is 0 Å². The zero-order chi connectivity index (χ0) is 22.0. The molecule has 31 heavy (non-hydrogen) atoms. The largest absolute Gasteiger partial charge is 0.449 e. The van der Waals surface area contributed by atoms with Gasteiger partial charge in [0.05, 0.1) is 0 Å². The first-order valence-electron chi connectivity index (χ1n) is 10.3. The van der Waals surface area contributed by atoms with Crippen LogP contribution in [0.15, 0.2) is 46.9 Å². The zero-order valence-electron chi connectivity index (χ0n) is 17.2. The molecule has 0 saturated carbocycles. The normalized spacial score (nSPS) is 14.7. The number of fused-ring (bicyclic) bond motifs is 1. The van der Waals surface area contributed by atoms with E-state index in [0.29, 0.717) is 24.1 Å². The van der Waals surface area contributed by atoms with Crippen LogP contribution in [-0.2, 0) is 0 Å². The quantitative estimate of drug-likeness (QED) is 0.665. The van der Waals surface area contributed by atoms with Gasteiger partial charge in [0, 0.05) is 31.6 Å². The molecule has 0 atom stereocenters. The van der Waals surface area contributed by atoms with E-state index >= 15 is 0 Å². The van der Waals surface area contributed by atoms with Crippen LogP contribution in [0, 0.1) is 11.6 Å². The van der Waals surface area contributed by atoms with Crippen LogP contribution in [0.3, 0.4) is 0 Å². The second-order valence-corrected chi connectivity index (χ2v) is 7.49. The monoisotopic (exact) mass is 427 g/mol. The van der Waals surface area contributed by atoms with Gasteiger partial charge in [0.25, 0.3) is 11.8 Å². The number of furan rings is 1. The lowest BCUT2D eigenvalue weighted by atomic mass is 10.1. The minimum Gasteiger partial charge on any atom is -0.449 e. The first-order chi connectivity index (χ1) is 15.0. The van der Waals surface area contributed by atoms with Gasteiger partial charge in [-0.15, -0.1) is 0 Å². The molecule has 0 radical (unpaired) electrons. The van der Waals surface area contributed by atoms with Gasteiger partial charge < -0.3 is 14.6 Å². The molecule has 2 amide bonds. The van der Waals surface area contributed by atoms with Crippen molar-refractivity contribution in [1.82, 2.24) is 9.80 Å². The second-order valence-electron chi connectivity index (χ2n) is 7.49. The summed E-state index contributed by atoms with van der Waals surface area (Å²) in [4.78, 5) is 29.9. The number of rotatable bonds is 5. The Balaban J connectivity index is 1.65. The third-order valence-electron chi connectivity index (χ3n) is 5.42. The number of carbonyl (C=O) groups is 2. The number of halogens is 2. The molecule has 162 valence electrons. The average molecular weight is 427 g/mol. The Hall–Kier alpha value is -3.26. The molecule has 3 aromatic rings. The highest BCUT2D eigenvalue weighted by molar-refractivity contribution is 6.14. The molecular formula is C23H23F2N3O3. The molecule has 0 spiro atoms. The third kappa shape index (κ3) is 4.16. The lowest BCUT2D eigenvalue weighted by Gasteiger charge is -2.34. The third-order valence-corrected chi connectivity index (χ3v) is 5.42. The van der Waals surface area contributed by atoms with Crippen molar-refractivity contribution in [1.29, 1.82) is 0 Å². The molecule has 1 aliphatic rings. The predicted octanol–water partition coefficient (Wildman–Crippen LogP) is 4.13. The van der Waals surface area contributed by atoms with E-state index in [2.05, 4.69) is 17.1 Å². The second kappa shape index (κ2) is 8.85. The van der Waals surface area contributed by atoms with Crippen LogP contribution in [0.25, 0.3) is 11.0 Å². The van der Waals surface area contributed by atoms with Gasteiger partial charge in [-0.2, -0.15) is 0 Å². The van der Waals surface area contributed by atoms with E-state index in [4.69, 9.17) is 4.42 Å². The summed E-state index contributed by atoms with van der Waals surface area (Å²) in [5.74, 6) is -3.36. The molecule has 2 aromatic carbocycles. The fourth-order valence-corrected chi connectivity index (χ4v) is 3.85. The number of benzene rings is 2. The molecule has 1 saturated heterocycles. The first-order valence-corrected chi connectivity index (χ1v) is 10.3. The van der Waals surface area contributed by atoms with Gasteiger partial charge in [-0.25, -0.2) is 8.78 Å². The fraction of sp³-hybridized carbons (Fsp3) is 0.304. The summed E-state index contributed by atoms with van der Waals surface area (Å²) in [5, 5.41) is 3.00. The van der Waals surface area contributed by atoms with E-state index in [1.165, 1.54) is 6.07 Å². The van der Waals surface area contributed by atoms with E-state index in [1.807, 2.05) is 0 Å². The number of amides is 2. The number of hydrogen-bond acceptors (Lipinski definition) is 4. The van der Waals surface area contributed by atoms with Gasteiger partial charge in [0.2, 0.25) is 5.76 Å². The molecule has 0 bridgehead atoms. The Labute approximate surface area is 178 Å². The Morgan fingerprint density at radius 1 is 1.00 bits per heavy atom. The van der Waals surface area contributed by atoms with Crippen LogP contribution in [0.4, 0.5) is 14.5 Å². The summed E-state index contributed by atoms with van der Waals surface area (Å²) in [5.41, 5.74) is -0.191. The summed E-state index contributed by atoms with van der Waals surface area (Å²) in [7, 11) is 0. The average Bonchev–Trinajstić information content (AvgIpc) is 3.12. The van der Waals surface area contributed by atoms with Gasteiger partial charge in [0.1, 0.15) is 28.5 Å². The maximum atomic E-state index is 14.1. The minimum atomic E-state index is -0.982. The van der Waals surface area contributed by atoms with Gasteiger partial charge in [0.15, 0.2) is 0 Å². The standard InChI is InChI=1S/C23H23F2N3O3/c1-2-10-27-11-13-28(14-12-27)23(30)21-20(15-6-3-4-9-18(15)31-21)26-22(29)19-16(24)7-5-8-17(19)25/h3-9H,2,10-14H2,1H3,(H,26,29). The fourth-order valence-electron chi connectivity index (χ4n) is 3.85. The number of anilines is 1. The molecule has 4 rings (SSSR count). The Morgan fingerprint density at radius 3 is 2.35 bits per heavy atom. The highest BCUT2D eigenvalue weighted by atomic mass is 19.1. The van der Waals surface area contributed by atoms with Crippen molar-refractivity contribution < 1.29 is 22.8 Å². The van der Waals surface area contributed by atoms with Gasteiger partial charge in [-0.05, 0) is 37.2 Å². The lowest BCUT2D eigenvalue weighted by Crippen LogP contribution is -2.48. The summed E-state index contributed by atoms with van der Waals surface area (Å²) in [6, 6.07) is 10.0. The van der Waals surface area contributed by atoms with Crippen LogP contribution >= 0.6 is 0 Å². The van der Waals surface area contributed by atoms with Gasteiger partial charge >= 0.3 is 0 Å². The van der Waals surface area contributed by atoms with Gasteiger partial charge in [-0.3, -0.25) is 14.5 Å². The Morgan fingerprint density at radius 2 is 1.68 bits per heavy atom. The maximum Gasteiger partial charge on any atom is 0.291 e. The summed E-state index contributed by atoms with van der Waals surface area (Å²) in [6.45, 7) is 5.65. The van der Waals surface area contributed by atoms with Crippen molar-refractivity contribution in [2.24, 2.45) is 0 Å². The first kappa shape index (κ1) is 21.0. The van der Waals surface area contributed by atoms with Crippen molar-refractivity contribution in [3.63, 3.8) is 0 Å². The number of hydrogen-bond donors (Lipinski definition) is 1. The summed E-state index contributed by atoms with van der Waals surface area (Å²) in [6.07, 6.45) is 1.04. The topological polar surface area (TPSA) is 65.8 Å². The van der Waals surface area contributed by atoms with E-state index in [1.54, 1.807) is 29.2 Å². The van der Waals surface area contributed by atoms with Crippen LogP contribution < -0.4 is 5.32 Å². The molecule has 1 fully saturated rings. The Bertz CT molecular complexity index is 1100. The number of para-hydroxylation sites is 1.